The van der Waals surface area contributed by atoms with E-state index in [0.717, 1.165) is 17.7 Å². The van der Waals surface area contributed by atoms with Crippen molar-refractivity contribution < 1.29 is 23.8 Å². The molecule has 154 valence electrons. The van der Waals surface area contributed by atoms with Gasteiger partial charge < -0.3 is 14.2 Å². The van der Waals surface area contributed by atoms with Gasteiger partial charge in [0, 0.05) is 30.5 Å². The van der Waals surface area contributed by atoms with Crippen molar-refractivity contribution in [2.75, 3.05) is 25.7 Å². The second-order valence-electron chi connectivity index (χ2n) is 7.18. The Morgan fingerprint density at radius 1 is 1.23 bits per heavy atom. The van der Waals surface area contributed by atoms with Gasteiger partial charge in [-0.25, -0.2) is 4.79 Å². The van der Waals surface area contributed by atoms with Crippen LogP contribution >= 0.6 is 0 Å². The van der Waals surface area contributed by atoms with Crippen LogP contribution in [-0.2, 0) is 16.0 Å². The number of rotatable bonds is 5. The standard InChI is InChI=1S/C23H22N2O5/c1-14(8-22(26)29-3)13-30-21-11-18-17(10-20(21)28-2)23(27)25-16(12-24-18)9-15-6-4-5-7-19(15)25/h4-8,10-12,16H,9,13H2,1-3H3/t16-/m0/s1. The number of anilines is 1. The van der Waals surface area contributed by atoms with E-state index in [1.54, 1.807) is 24.0 Å². The number of fused-ring (bicyclic) bond motifs is 4. The molecule has 7 nitrogen and oxygen atoms in total. The molecule has 2 heterocycles. The molecule has 4 rings (SSSR count). The Bertz CT molecular complexity index is 1070. The van der Waals surface area contributed by atoms with Crippen LogP contribution in [0.3, 0.4) is 0 Å². The predicted molar refractivity (Wildman–Crippen MR) is 113 cm³/mol. The normalized spacial score (nSPS) is 17.0. The summed E-state index contributed by atoms with van der Waals surface area (Å²) in [5.74, 6) is 0.306. The maximum Gasteiger partial charge on any atom is 0.330 e. The Morgan fingerprint density at radius 3 is 2.80 bits per heavy atom. The highest BCUT2D eigenvalue weighted by molar-refractivity contribution is 6.14. The van der Waals surface area contributed by atoms with E-state index in [4.69, 9.17) is 9.47 Å². The van der Waals surface area contributed by atoms with Crippen molar-refractivity contribution in [2.24, 2.45) is 4.99 Å². The van der Waals surface area contributed by atoms with Crippen LogP contribution in [0.1, 0.15) is 22.8 Å². The third-order valence-electron chi connectivity index (χ3n) is 5.15. The SMILES string of the molecule is COC(=O)C=C(C)COc1cc2c(cc1OC)C(=O)N1c3ccccc3C[C@H]1C=N2. The molecule has 0 fully saturated rings. The molecule has 0 saturated carbocycles. The molecule has 7 heteroatoms. The van der Waals surface area contributed by atoms with Crippen molar-refractivity contribution in [3.05, 3.63) is 59.2 Å². The molecule has 1 atom stereocenters. The van der Waals surface area contributed by atoms with E-state index in [1.165, 1.54) is 20.3 Å². The highest BCUT2D eigenvalue weighted by Gasteiger charge is 2.36. The van der Waals surface area contributed by atoms with Gasteiger partial charge in [-0.2, -0.15) is 0 Å². The smallest absolute Gasteiger partial charge is 0.330 e. The highest BCUT2D eigenvalue weighted by Crippen LogP contribution is 2.40. The highest BCUT2D eigenvalue weighted by atomic mass is 16.5. The minimum Gasteiger partial charge on any atom is -0.493 e. The van der Waals surface area contributed by atoms with Crippen LogP contribution in [0.5, 0.6) is 11.5 Å². The number of methoxy groups -OCH3 is 2. The predicted octanol–water partition coefficient (Wildman–Crippen LogP) is 3.48. The van der Waals surface area contributed by atoms with E-state index in [9.17, 15) is 9.59 Å². The zero-order valence-electron chi connectivity index (χ0n) is 17.0. The monoisotopic (exact) mass is 406 g/mol. The summed E-state index contributed by atoms with van der Waals surface area (Å²) < 4.78 is 15.9. The Labute approximate surface area is 174 Å². The van der Waals surface area contributed by atoms with Crippen molar-refractivity contribution in [2.45, 2.75) is 19.4 Å². The molecule has 30 heavy (non-hydrogen) atoms. The van der Waals surface area contributed by atoms with Crippen molar-refractivity contribution in [1.82, 2.24) is 0 Å². The first-order valence-electron chi connectivity index (χ1n) is 9.57. The van der Waals surface area contributed by atoms with Crippen LogP contribution in [0, 0.1) is 0 Å². The van der Waals surface area contributed by atoms with E-state index in [-0.39, 0.29) is 18.6 Å². The number of amides is 1. The lowest BCUT2D eigenvalue weighted by atomic mass is 10.1. The molecule has 2 aromatic rings. The molecular formula is C23H22N2O5. The number of carbonyl (C=O) groups is 2. The lowest BCUT2D eigenvalue weighted by molar-refractivity contribution is -0.134. The van der Waals surface area contributed by atoms with Gasteiger partial charge in [0.25, 0.3) is 5.91 Å². The Kier molecular flexibility index (Phi) is 5.27. The Hall–Kier alpha value is -3.61. The molecule has 0 aromatic heterocycles. The lowest BCUT2D eigenvalue weighted by Crippen LogP contribution is -2.37. The zero-order valence-corrected chi connectivity index (χ0v) is 17.0. The molecule has 2 aromatic carbocycles. The quantitative estimate of drug-likeness (QED) is 0.561. The first-order valence-corrected chi connectivity index (χ1v) is 9.57. The number of hydrogen-bond donors (Lipinski definition) is 0. The molecule has 0 saturated heterocycles. The Balaban J connectivity index is 1.65. The summed E-state index contributed by atoms with van der Waals surface area (Å²) in [6, 6.07) is 11.1. The maximum atomic E-state index is 13.4. The molecule has 2 aliphatic rings. The molecular weight excluding hydrogens is 384 g/mol. The lowest BCUT2D eigenvalue weighted by Gasteiger charge is -2.22. The number of aliphatic imine (C=N–C) groups is 1. The number of ether oxygens (including phenoxy) is 3. The molecule has 1 amide bonds. The molecule has 0 radical (unpaired) electrons. The summed E-state index contributed by atoms with van der Waals surface area (Å²) >= 11 is 0. The van der Waals surface area contributed by atoms with Crippen molar-refractivity contribution in [1.29, 1.82) is 0 Å². The first kappa shape index (κ1) is 19.7. The largest absolute Gasteiger partial charge is 0.493 e. The minimum atomic E-state index is -0.443. The molecule has 2 aliphatic heterocycles. The number of para-hydroxylation sites is 1. The Morgan fingerprint density at radius 2 is 2.03 bits per heavy atom. The molecule has 0 aliphatic carbocycles. The number of benzene rings is 2. The third kappa shape index (κ3) is 3.54. The number of hydrogen-bond acceptors (Lipinski definition) is 6. The fourth-order valence-electron chi connectivity index (χ4n) is 3.68. The van der Waals surface area contributed by atoms with Gasteiger partial charge in [-0.15, -0.1) is 0 Å². The van der Waals surface area contributed by atoms with Crippen LogP contribution in [0.4, 0.5) is 11.4 Å². The molecule has 0 bridgehead atoms. The summed E-state index contributed by atoms with van der Waals surface area (Å²) in [6.45, 7) is 1.93. The van der Waals surface area contributed by atoms with Gasteiger partial charge in [0.05, 0.1) is 31.5 Å². The third-order valence-corrected chi connectivity index (χ3v) is 5.15. The molecule has 0 spiro atoms. The maximum absolute atomic E-state index is 13.4. The van der Waals surface area contributed by atoms with Crippen LogP contribution in [0.25, 0.3) is 0 Å². The summed E-state index contributed by atoms with van der Waals surface area (Å²) in [7, 11) is 2.84. The second kappa shape index (κ2) is 8.02. The summed E-state index contributed by atoms with van der Waals surface area (Å²) in [4.78, 5) is 31.1. The van der Waals surface area contributed by atoms with E-state index in [2.05, 4.69) is 9.73 Å². The zero-order chi connectivity index (χ0) is 21.3. The number of carbonyl (C=O) groups excluding carboxylic acids is 2. The second-order valence-corrected chi connectivity index (χ2v) is 7.18. The van der Waals surface area contributed by atoms with E-state index in [1.807, 2.05) is 30.5 Å². The number of esters is 1. The van der Waals surface area contributed by atoms with Crippen LogP contribution in [0.15, 0.2) is 53.0 Å². The van der Waals surface area contributed by atoms with Gasteiger partial charge in [-0.05, 0) is 30.2 Å². The summed E-state index contributed by atoms with van der Waals surface area (Å²) in [5.41, 5.74) is 3.71. The van der Waals surface area contributed by atoms with Crippen LogP contribution in [0.2, 0.25) is 0 Å². The van der Waals surface area contributed by atoms with E-state index >= 15 is 0 Å². The van der Waals surface area contributed by atoms with Gasteiger partial charge in [-0.3, -0.25) is 14.7 Å². The van der Waals surface area contributed by atoms with Crippen molar-refractivity contribution in [3.8, 4) is 11.5 Å². The van der Waals surface area contributed by atoms with Gasteiger partial charge in [0.2, 0.25) is 0 Å². The topological polar surface area (TPSA) is 77.4 Å². The molecule has 0 unspecified atom stereocenters. The van der Waals surface area contributed by atoms with Gasteiger partial charge in [0.15, 0.2) is 11.5 Å². The summed E-state index contributed by atoms with van der Waals surface area (Å²) in [6.07, 6.45) is 3.91. The van der Waals surface area contributed by atoms with E-state index in [0.29, 0.717) is 28.3 Å². The van der Waals surface area contributed by atoms with Crippen molar-refractivity contribution >= 4 is 29.5 Å². The molecule has 0 N–H and O–H groups in total. The minimum absolute atomic E-state index is 0.121. The summed E-state index contributed by atoms with van der Waals surface area (Å²) in [5, 5.41) is 0. The van der Waals surface area contributed by atoms with Crippen molar-refractivity contribution in [3.63, 3.8) is 0 Å². The van der Waals surface area contributed by atoms with Gasteiger partial charge >= 0.3 is 5.97 Å². The van der Waals surface area contributed by atoms with Gasteiger partial charge in [0.1, 0.15) is 6.61 Å². The average molecular weight is 406 g/mol. The van der Waals surface area contributed by atoms with Crippen LogP contribution < -0.4 is 14.4 Å². The first-order chi connectivity index (χ1) is 14.5. The fourth-order valence-corrected chi connectivity index (χ4v) is 3.68. The van der Waals surface area contributed by atoms with Gasteiger partial charge in [-0.1, -0.05) is 18.2 Å². The van der Waals surface area contributed by atoms with Crippen LogP contribution in [-0.4, -0.2) is 45.0 Å². The fraction of sp³-hybridized carbons (Fsp3) is 0.261. The number of nitrogens with zero attached hydrogens (tertiary/aromatic N) is 2. The van der Waals surface area contributed by atoms with E-state index < -0.39 is 5.97 Å². The average Bonchev–Trinajstić information content (AvgIpc) is 3.07.